The molecule has 1 unspecified atom stereocenters. The Morgan fingerprint density at radius 2 is 1.83 bits per heavy atom. The molecule has 0 radical (unpaired) electrons. The van der Waals surface area contributed by atoms with Gasteiger partial charge in [-0.2, -0.15) is 0 Å². The van der Waals surface area contributed by atoms with Crippen molar-refractivity contribution in [3.8, 4) is 0 Å². The highest BCUT2D eigenvalue weighted by Crippen LogP contribution is 2.61. The molecule has 1 aliphatic heterocycles. The molecule has 2 aliphatic rings. The van der Waals surface area contributed by atoms with Crippen LogP contribution in [-0.2, 0) is 9.59 Å². The fourth-order valence-electron chi connectivity index (χ4n) is 3.25. The summed E-state index contributed by atoms with van der Waals surface area (Å²) < 4.78 is 26.9. The normalized spacial score (nSPS) is 31.9. The van der Waals surface area contributed by atoms with Gasteiger partial charge in [0.05, 0.1) is 5.92 Å². The third-order valence-electron chi connectivity index (χ3n) is 4.95. The van der Waals surface area contributed by atoms with E-state index in [4.69, 9.17) is 11.6 Å². The molecule has 1 N–H and O–H groups in total. The van der Waals surface area contributed by atoms with Crippen molar-refractivity contribution < 1.29 is 23.5 Å². The second-order valence-corrected chi connectivity index (χ2v) is 6.96. The van der Waals surface area contributed by atoms with Crippen molar-refractivity contribution in [2.45, 2.75) is 25.2 Å². The molecule has 7 heteroatoms. The Labute approximate surface area is 137 Å². The zero-order chi connectivity index (χ0) is 17.0. The molecule has 1 heterocycles. The van der Waals surface area contributed by atoms with E-state index < -0.39 is 41.5 Å². The van der Waals surface area contributed by atoms with Crippen molar-refractivity contribution in [1.29, 1.82) is 0 Å². The van der Waals surface area contributed by atoms with Crippen LogP contribution in [0.5, 0.6) is 0 Å². The van der Waals surface area contributed by atoms with E-state index in [0.717, 1.165) is 5.56 Å². The third kappa shape index (κ3) is 2.59. The van der Waals surface area contributed by atoms with E-state index in [-0.39, 0.29) is 13.1 Å². The number of hydrogen-bond donors (Lipinski definition) is 1. The van der Waals surface area contributed by atoms with E-state index in [1.807, 2.05) is 0 Å². The standard InChI is InChI=1S/C16H16ClF2NO3/c1-15(8-16(15,18)19)14(23)20-6-11(12(7-20)13(21)22)9-2-4-10(17)5-3-9/h2-5,11-12H,6-8H2,1H3,(H,21,22)/t11-,12+,15?/m0/s1. The van der Waals surface area contributed by atoms with Crippen LogP contribution < -0.4 is 0 Å². The predicted molar refractivity (Wildman–Crippen MR) is 79.6 cm³/mol. The molecule has 2 fully saturated rings. The van der Waals surface area contributed by atoms with Crippen LogP contribution in [0.3, 0.4) is 0 Å². The molecular formula is C16H16ClF2NO3. The first-order valence-corrected chi connectivity index (χ1v) is 7.69. The lowest BCUT2D eigenvalue weighted by molar-refractivity contribution is -0.142. The van der Waals surface area contributed by atoms with E-state index in [2.05, 4.69) is 0 Å². The number of benzene rings is 1. The molecule has 3 atom stereocenters. The van der Waals surface area contributed by atoms with Crippen LogP contribution in [0.1, 0.15) is 24.8 Å². The summed E-state index contributed by atoms with van der Waals surface area (Å²) in [5, 5.41) is 9.93. The Morgan fingerprint density at radius 1 is 1.26 bits per heavy atom. The number of carboxylic acids is 1. The molecule has 1 amide bonds. The minimum Gasteiger partial charge on any atom is -0.481 e. The van der Waals surface area contributed by atoms with Crippen LogP contribution in [-0.4, -0.2) is 40.9 Å². The van der Waals surface area contributed by atoms with Gasteiger partial charge >= 0.3 is 5.97 Å². The van der Waals surface area contributed by atoms with Gasteiger partial charge in [0, 0.05) is 30.5 Å². The molecule has 1 aromatic rings. The summed E-state index contributed by atoms with van der Waals surface area (Å²) in [5.41, 5.74) is -0.949. The molecule has 0 aromatic heterocycles. The van der Waals surface area contributed by atoms with E-state index in [1.54, 1.807) is 24.3 Å². The zero-order valence-corrected chi connectivity index (χ0v) is 13.2. The maximum absolute atomic E-state index is 13.4. The summed E-state index contributed by atoms with van der Waals surface area (Å²) >= 11 is 5.83. The summed E-state index contributed by atoms with van der Waals surface area (Å²) in [6.45, 7) is 1.32. The van der Waals surface area contributed by atoms with Gasteiger partial charge in [-0.05, 0) is 24.6 Å². The number of alkyl halides is 2. The van der Waals surface area contributed by atoms with Gasteiger partial charge in [-0.1, -0.05) is 23.7 Å². The fraction of sp³-hybridized carbons (Fsp3) is 0.500. The number of carbonyl (C=O) groups is 2. The number of likely N-dealkylation sites (tertiary alicyclic amines) is 1. The SMILES string of the molecule is CC1(C(=O)N2C[C@@H](C(=O)O)[C@H](c3ccc(Cl)cc3)C2)CC1(F)F. The van der Waals surface area contributed by atoms with Crippen LogP contribution in [0, 0.1) is 11.3 Å². The summed E-state index contributed by atoms with van der Waals surface area (Å²) in [5.74, 6) is -5.93. The highest BCUT2D eigenvalue weighted by atomic mass is 35.5. The largest absolute Gasteiger partial charge is 0.481 e. The summed E-state index contributed by atoms with van der Waals surface area (Å²) in [6.07, 6.45) is -0.474. The maximum Gasteiger partial charge on any atom is 0.308 e. The highest BCUT2D eigenvalue weighted by molar-refractivity contribution is 6.30. The van der Waals surface area contributed by atoms with Gasteiger partial charge in [-0.25, -0.2) is 8.78 Å². The van der Waals surface area contributed by atoms with E-state index in [1.165, 1.54) is 11.8 Å². The van der Waals surface area contributed by atoms with Gasteiger partial charge in [0.1, 0.15) is 5.41 Å². The summed E-state index contributed by atoms with van der Waals surface area (Å²) in [7, 11) is 0. The first kappa shape index (κ1) is 16.2. The number of nitrogens with zero attached hydrogens (tertiary/aromatic N) is 1. The molecule has 124 valence electrons. The number of halogens is 3. The minimum absolute atomic E-state index is 0.0485. The smallest absolute Gasteiger partial charge is 0.308 e. The lowest BCUT2D eigenvalue weighted by atomic mass is 9.89. The lowest BCUT2D eigenvalue weighted by Gasteiger charge is -2.20. The Hall–Kier alpha value is -1.69. The topological polar surface area (TPSA) is 57.6 Å². The van der Waals surface area contributed by atoms with E-state index in [9.17, 15) is 23.5 Å². The first-order valence-electron chi connectivity index (χ1n) is 7.31. The number of carboxylic acid groups (broad SMARTS) is 1. The van der Waals surface area contributed by atoms with Gasteiger partial charge < -0.3 is 10.0 Å². The predicted octanol–water partition coefficient (Wildman–Crippen LogP) is 3.01. The first-order chi connectivity index (χ1) is 10.7. The lowest BCUT2D eigenvalue weighted by Crippen LogP contribution is -2.37. The number of aliphatic carboxylic acids is 1. The second-order valence-electron chi connectivity index (χ2n) is 6.53. The second kappa shape index (κ2) is 5.16. The Bertz CT molecular complexity index is 664. The summed E-state index contributed by atoms with van der Waals surface area (Å²) in [6, 6.07) is 6.72. The van der Waals surface area contributed by atoms with Gasteiger partial charge in [0.15, 0.2) is 0 Å². The highest BCUT2D eigenvalue weighted by Gasteiger charge is 2.73. The van der Waals surface area contributed by atoms with Crippen LogP contribution in [0.2, 0.25) is 5.02 Å². The zero-order valence-electron chi connectivity index (χ0n) is 12.4. The maximum atomic E-state index is 13.4. The molecule has 1 aliphatic carbocycles. The van der Waals surface area contributed by atoms with Crippen LogP contribution in [0.4, 0.5) is 8.78 Å². The average Bonchev–Trinajstić information content (AvgIpc) is 2.86. The van der Waals surface area contributed by atoms with Crippen molar-refractivity contribution >= 4 is 23.5 Å². The average molecular weight is 344 g/mol. The molecule has 3 rings (SSSR count). The van der Waals surface area contributed by atoms with Gasteiger partial charge in [0.25, 0.3) is 5.92 Å². The Balaban J connectivity index is 1.83. The molecule has 4 nitrogen and oxygen atoms in total. The van der Waals surface area contributed by atoms with Crippen LogP contribution >= 0.6 is 11.6 Å². The molecule has 0 spiro atoms. The van der Waals surface area contributed by atoms with E-state index >= 15 is 0 Å². The number of amides is 1. The Morgan fingerprint density at radius 3 is 2.30 bits per heavy atom. The molecular weight excluding hydrogens is 328 g/mol. The Kier molecular flexibility index (Phi) is 3.63. The monoisotopic (exact) mass is 343 g/mol. The molecule has 0 bridgehead atoms. The van der Waals surface area contributed by atoms with Crippen LogP contribution in [0.15, 0.2) is 24.3 Å². The van der Waals surface area contributed by atoms with Gasteiger partial charge in [0.2, 0.25) is 5.91 Å². The molecule has 1 saturated carbocycles. The van der Waals surface area contributed by atoms with Gasteiger partial charge in [-0.15, -0.1) is 0 Å². The molecule has 23 heavy (non-hydrogen) atoms. The van der Waals surface area contributed by atoms with Crippen molar-refractivity contribution in [3.05, 3.63) is 34.9 Å². The fourth-order valence-corrected chi connectivity index (χ4v) is 3.37. The molecule has 1 saturated heterocycles. The minimum atomic E-state index is -3.00. The number of carbonyl (C=O) groups excluding carboxylic acids is 1. The van der Waals surface area contributed by atoms with Crippen molar-refractivity contribution in [1.82, 2.24) is 4.90 Å². The van der Waals surface area contributed by atoms with E-state index in [0.29, 0.717) is 5.02 Å². The summed E-state index contributed by atoms with van der Waals surface area (Å²) in [4.78, 5) is 25.1. The van der Waals surface area contributed by atoms with Crippen molar-refractivity contribution in [2.75, 3.05) is 13.1 Å². The van der Waals surface area contributed by atoms with Gasteiger partial charge in [-0.3, -0.25) is 9.59 Å². The number of hydrogen-bond acceptors (Lipinski definition) is 2. The third-order valence-corrected chi connectivity index (χ3v) is 5.20. The van der Waals surface area contributed by atoms with Crippen molar-refractivity contribution in [3.63, 3.8) is 0 Å². The molecule has 1 aromatic carbocycles. The van der Waals surface area contributed by atoms with Crippen LogP contribution in [0.25, 0.3) is 0 Å². The number of rotatable bonds is 3. The quantitative estimate of drug-likeness (QED) is 0.917. The van der Waals surface area contributed by atoms with Crippen molar-refractivity contribution in [2.24, 2.45) is 11.3 Å².